The first-order chi connectivity index (χ1) is 9.33. The van der Waals surface area contributed by atoms with E-state index in [1.165, 1.54) is 11.1 Å². The summed E-state index contributed by atoms with van der Waals surface area (Å²) in [7, 11) is 1.94. The molecular formula is C14H19N3OS. The van der Waals surface area contributed by atoms with Crippen molar-refractivity contribution in [3.63, 3.8) is 0 Å². The molecule has 0 aromatic carbocycles. The maximum atomic E-state index is 5.95. The fourth-order valence-electron chi connectivity index (χ4n) is 2.55. The van der Waals surface area contributed by atoms with Crippen molar-refractivity contribution < 1.29 is 4.74 Å². The van der Waals surface area contributed by atoms with Crippen molar-refractivity contribution in [2.45, 2.75) is 31.5 Å². The number of aromatic nitrogens is 2. The Hall–Kier alpha value is -1.17. The molecule has 0 saturated carbocycles. The maximum Gasteiger partial charge on any atom is 0.101 e. The predicted octanol–water partition coefficient (Wildman–Crippen LogP) is 2.49. The van der Waals surface area contributed by atoms with Gasteiger partial charge in [-0.3, -0.25) is 4.68 Å². The van der Waals surface area contributed by atoms with Crippen LogP contribution in [0.4, 0.5) is 0 Å². The number of ether oxygens (including phenoxy) is 1. The molecule has 1 N–H and O–H groups in total. The van der Waals surface area contributed by atoms with E-state index >= 15 is 0 Å². The number of rotatable bonds is 4. The van der Waals surface area contributed by atoms with Crippen LogP contribution in [0.3, 0.4) is 0 Å². The lowest BCUT2D eigenvalue weighted by molar-refractivity contribution is -0.0112. The highest BCUT2D eigenvalue weighted by Crippen LogP contribution is 2.28. The summed E-state index contributed by atoms with van der Waals surface area (Å²) < 4.78 is 7.78. The van der Waals surface area contributed by atoms with Gasteiger partial charge in [0, 0.05) is 38.0 Å². The number of nitrogens with zero attached hydrogens (tertiary/aromatic N) is 2. The largest absolute Gasteiger partial charge is 0.372 e. The Bertz CT molecular complexity index is 509. The Balaban J connectivity index is 1.67. The molecule has 0 amide bonds. The fraction of sp³-hybridized carbons (Fsp3) is 0.500. The SMILES string of the molecule is Cn1cc([C@H]2OCCC[C@@H]2NCc2ccsc2)cn1. The Labute approximate surface area is 117 Å². The average molecular weight is 277 g/mol. The highest BCUT2D eigenvalue weighted by atomic mass is 32.1. The van der Waals surface area contributed by atoms with Crippen LogP contribution >= 0.6 is 11.3 Å². The lowest BCUT2D eigenvalue weighted by atomic mass is 9.98. The van der Waals surface area contributed by atoms with Gasteiger partial charge in [0.05, 0.1) is 6.20 Å². The first-order valence-corrected chi connectivity index (χ1v) is 7.62. The van der Waals surface area contributed by atoms with Crippen molar-refractivity contribution in [1.29, 1.82) is 0 Å². The topological polar surface area (TPSA) is 39.1 Å². The quantitative estimate of drug-likeness (QED) is 0.933. The van der Waals surface area contributed by atoms with Gasteiger partial charge in [0.25, 0.3) is 0 Å². The molecule has 2 aromatic heterocycles. The molecular weight excluding hydrogens is 258 g/mol. The first kappa shape index (κ1) is 12.8. The summed E-state index contributed by atoms with van der Waals surface area (Å²) in [6.07, 6.45) is 6.37. The van der Waals surface area contributed by atoms with Crippen LogP contribution in [0.25, 0.3) is 0 Å². The van der Waals surface area contributed by atoms with E-state index in [0.717, 1.165) is 26.0 Å². The zero-order chi connectivity index (χ0) is 13.1. The van der Waals surface area contributed by atoms with Crippen LogP contribution in [-0.4, -0.2) is 22.4 Å². The number of nitrogens with one attached hydrogen (secondary N) is 1. The molecule has 3 rings (SSSR count). The predicted molar refractivity (Wildman–Crippen MR) is 76.1 cm³/mol. The molecule has 0 bridgehead atoms. The van der Waals surface area contributed by atoms with E-state index < -0.39 is 0 Å². The molecule has 0 unspecified atom stereocenters. The van der Waals surface area contributed by atoms with E-state index in [0.29, 0.717) is 6.04 Å². The van der Waals surface area contributed by atoms with Crippen LogP contribution in [0.2, 0.25) is 0 Å². The van der Waals surface area contributed by atoms with Crippen LogP contribution in [0.15, 0.2) is 29.2 Å². The van der Waals surface area contributed by atoms with Gasteiger partial charge in [-0.2, -0.15) is 16.4 Å². The summed E-state index contributed by atoms with van der Waals surface area (Å²) in [4.78, 5) is 0. The Morgan fingerprint density at radius 2 is 2.53 bits per heavy atom. The standard InChI is InChI=1S/C14H19N3OS/c1-17-9-12(8-16-17)14-13(3-2-5-18-14)15-7-11-4-6-19-10-11/h4,6,8-10,13-15H,2-3,5,7H2,1H3/t13-,14+/m0/s1. The van der Waals surface area contributed by atoms with E-state index in [2.05, 4.69) is 33.4 Å². The van der Waals surface area contributed by atoms with Gasteiger partial charge in [0.2, 0.25) is 0 Å². The second kappa shape index (κ2) is 5.86. The molecule has 2 aromatic rings. The molecule has 0 spiro atoms. The monoisotopic (exact) mass is 277 g/mol. The highest BCUT2D eigenvalue weighted by molar-refractivity contribution is 7.07. The molecule has 1 fully saturated rings. The third-order valence-corrected chi connectivity index (χ3v) is 4.26. The van der Waals surface area contributed by atoms with E-state index in [1.54, 1.807) is 11.3 Å². The summed E-state index contributed by atoms with van der Waals surface area (Å²) in [5, 5.41) is 12.2. The molecule has 3 heterocycles. The summed E-state index contributed by atoms with van der Waals surface area (Å²) in [5.41, 5.74) is 2.52. The molecule has 1 saturated heterocycles. The van der Waals surface area contributed by atoms with E-state index in [1.807, 2.05) is 17.9 Å². The second-order valence-electron chi connectivity index (χ2n) is 5.00. The third kappa shape index (κ3) is 3.05. The third-order valence-electron chi connectivity index (χ3n) is 3.52. The van der Waals surface area contributed by atoms with Gasteiger partial charge in [0.1, 0.15) is 6.10 Å². The van der Waals surface area contributed by atoms with Crippen molar-refractivity contribution in [3.05, 3.63) is 40.3 Å². The molecule has 4 nitrogen and oxygen atoms in total. The Morgan fingerprint density at radius 3 is 3.26 bits per heavy atom. The molecule has 19 heavy (non-hydrogen) atoms. The number of aryl methyl sites for hydroxylation is 1. The highest BCUT2D eigenvalue weighted by Gasteiger charge is 2.27. The van der Waals surface area contributed by atoms with Gasteiger partial charge in [-0.25, -0.2) is 0 Å². The van der Waals surface area contributed by atoms with Gasteiger partial charge in [-0.1, -0.05) is 0 Å². The molecule has 102 valence electrons. The van der Waals surface area contributed by atoms with Crippen molar-refractivity contribution in [2.24, 2.45) is 7.05 Å². The van der Waals surface area contributed by atoms with Crippen LogP contribution in [0.5, 0.6) is 0 Å². The zero-order valence-corrected chi connectivity index (χ0v) is 11.9. The molecule has 0 aliphatic carbocycles. The Kier molecular flexibility index (Phi) is 3.96. The zero-order valence-electron chi connectivity index (χ0n) is 11.1. The lowest BCUT2D eigenvalue weighted by Gasteiger charge is -2.32. The number of hydrogen-bond acceptors (Lipinski definition) is 4. The smallest absolute Gasteiger partial charge is 0.101 e. The van der Waals surface area contributed by atoms with Crippen molar-refractivity contribution in [1.82, 2.24) is 15.1 Å². The van der Waals surface area contributed by atoms with Gasteiger partial charge in [-0.05, 0) is 35.2 Å². The normalized spacial score (nSPS) is 23.6. The van der Waals surface area contributed by atoms with Gasteiger partial charge >= 0.3 is 0 Å². The van der Waals surface area contributed by atoms with Crippen LogP contribution < -0.4 is 5.32 Å². The summed E-state index contributed by atoms with van der Waals surface area (Å²) in [5.74, 6) is 0. The van der Waals surface area contributed by atoms with Gasteiger partial charge < -0.3 is 10.1 Å². The maximum absolute atomic E-state index is 5.95. The number of hydrogen-bond donors (Lipinski definition) is 1. The summed E-state index contributed by atoms with van der Waals surface area (Å²) >= 11 is 1.74. The molecule has 0 radical (unpaired) electrons. The van der Waals surface area contributed by atoms with E-state index in [4.69, 9.17) is 4.74 Å². The van der Waals surface area contributed by atoms with E-state index in [9.17, 15) is 0 Å². The molecule has 1 aliphatic heterocycles. The van der Waals surface area contributed by atoms with Gasteiger partial charge in [0.15, 0.2) is 0 Å². The average Bonchev–Trinajstić information content (AvgIpc) is 3.08. The Morgan fingerprint density at radius 1 is 1.58 bits per heavy atom. The summed E-state index contributed by atoms with van der Waals surface area (Å²) in [6.45, 7) is 1.75. The van der Waals surface area contributed by atoms with E-state index in [-0.39, 0.29) is 6.10 Å². The lowest BCUT2D eigenvalue weighted by Crippen LogP contribution is -2.38. The van der Waals surface area contributed by atoms with Crippen LogP contribution in [0.1, 0.15) is 30.1 Å². The minimum Gasteiger partial charge on any atom is -0.372 e. The summed E-state index contributed by atoms with van der Waals surface area (Å²) in [6, 6.07) is 2.54. The van der Waals surface area contributed by atoms with Gasteiger partial charge in [-0.15, -0.1) is 0 Å². The minimum atomic E-state index is 0.126. The fourth-order valence-corrected chi connectivity index (χ4v) is 3.22. The number of thiophene rings is 1. The van der Waals surface area contributed by atoms with Crippen molar-refractivity contribution in [2.75, 3.05) is 6.61 Å². The molecule has 2 atom stereocenters. The molecule has 5 heteroatoms. The van der Waals surface area contributed by atoms with Crippen molar-refractivity contribution in [3.8, 4) is 0 Å². The minimum absolute atomic E-state index is 0.126. The second-order valence-corrected chi connectivity index (χ2v) is 5.78. The first-order valence-electron chi connectivity index (χ1n) is 6.67. The van der Waals surface area contributed by atoms with Crippen molar-refractivity contribution >= 4 is 11.3 Å². The van der Waals surface area contributed by atoms with Crippen LogP contribution in [-0.2, 0) is 18.3 Å². The van der Waals surface area contributed by atoms with Crippen LogP contribution in [0, 0.1) is 0 Å². The molecule has 1 aliphatic rings.